The molecule has 88 valence electrons. The predicted molar refractivity (Wildman–Crippen MR) is 54.9 cm³/mol. The van der Waals surface area contributed by atoms with Gasteiger partial charge in [0.25, 0.3) is 0 Å². The Morgan fingerprint density at radius 2 is 2.00 bits per heavy atom. The summed E-state index contributed by atoms with van der Waals surface area (Å²) in [6.45, 7) is 5.33. The Morgan fingerprint density at radius 1 is 1.47 bits per heavy atom. The molecule has 2 aliphatic rings. The summed E-state index contributed by atoms with van der Waals surface area (Å²) in [7, 11) is -1.43. The molecule has 0 saturated carbocycles. The number of hydrogen-bond donors (Lipinski definition) is 0. The number of carbonyl (C=O) groups is 2. The van der Waals surface area contributed by atoms with Gasteiger partial charge in [-0.25, -0.2) is 0 Å². The molecular weight excluding hydrogens is 269 g/mol. The van der Waals surface area contributed by atoms with Gasteiger partial charge in [0, 0.05) is 4.91 Å². The molecule has 2 rings (SSSR count). The van der Waals surface area contributed by atoms with E-state index in [4.69, 9.17) is 0 Å². The van der Waals surface area contributed by atoms with Crippen LogP contribution in [0.2, 0.25) is 0 Å². The number of hydrogen-bond acceptors (Lipinski definition) is 4. The Bertz CT molecular complexity index is 452. The maximum Gasteiger partial charge on any atom is 1.00 e. The van der Waals surface area contributed by atoms with Crippen LogP contribution in [-0.2, 0) is 20.4 Å². The van der Waals surface area contributed by atoms with Gasteiger partial charge >= 0.3 is 51.4 Å². The number of aliphatic carboxylic acids is 1. The Labute approximate surface area is 144 Å². The molecule has 7 heteroatoms. The van der Waals surface area contributed by atoms with Crippen molar-refractivity contribution in [2.45, 2.75) is 32.6 Å². The monoisotopic (exact) mass is 281 g/mol. The molecule has 0 spiro atoms. The maximum absolute atomic E-state index is 12.0. The summed E-state index contributed by atoms with van der Waals surface area (Å²) in [6.07, 6.45) is 0.156. The van der Waals surface area contributed by atoms with Crippen molar-refractivity contribution in [2.75, 3.05) is 0 Å². The number of rotatable bonds is 1. The van der Waals surface area contributed by atoms with Crippen molar-refractivity contribution in [1.29, 1.82) is 0 Å². The molecule has 1 fully saturated rings. The molecule has 1 amide bonds. The van der Waals surface area contributed by atoms with Gasteiger partial charge in [-0.15, -0.1) is 0 Å². The zero-order valence-corrected chi connectivity index (χ0v) is 14.2. The molecule has 2 heterocycles. The van der Waals surface area contributed by atoms with Crippen LogP contribution in [-0.4, -0.2) is 26.4 Å². The first kappa shape index (κ1) is 15.5. The van der Waals surface area contributed by atoms with Crippen LogP contribution in [0.3, 0.4) is 0 Å². The van der Waals surface area contributed by atoms with Crippen molar-refractivity contribution in [1.82, 2.24) is 4.90 Å². The minimum absolute atomic E-state index is 0. The first-order valence-corrected chi connectivity index (χ1v) is 6.15. The number of allylic oxidation sites excluding steroid dienone is 1. The Hall–Kier alpha value is 0.466. The molecule has 17 heavy (non-hydrogen) atoms. The molecule has 5 nitrogen and oxygen atoms in total. The molecule has 0 aromatic rings. The summed E-state index contributed by atoms with van der Waals surface area (Å²) in [4.78, 5) is 23.8. The standard InChI is InChI=1S/C10H13NO4S.K/c1-10(2,3)8-7(9(13)14)11-5(12)4-6(11)16(8)15;/h6H,4H2,1-3H3,(H,13,14);/q;+1/p-1/t6-,16?;/m1./s1. The van der Waals surface area contributed by atoms with Gasteiger partial charge in [0.05, 0.1) is 28.9 Å². The van der Waals surface area contributed by atoms with Gasteiger partial charge in [0.15, 0.2) is 0 Å². The molecule has 0 bridgehead atoms. The number of carboxylic acid groups (broad SMARTS) is 1. The van der Waals surface area contributed by atoms with E-state index < -0.39 is 27.6 Å². The summed E-state index contributed by atoms with van der Waals surface area (Å²) in [5.74, 6) is -1.72. The smallest absolute Gasteiger partial charge is 0.543 e. The first-order chi connectivity index (χ1) is 7.25. The third kappa shape index (κ3) is 2.33. The normalized spacial score (nSPS) is 27.5. The van der Waals surface area contributed by atoms with Gasteiger partial charge in [-0.2, -0.15) is 0 Å². The first-order valence-electron chi connectivity index (χ1n) is 4.94. The second kappa shape index (κ2) is 4.86. The van der Waals surface area contributed by atoms with E-state index in [0.717, 1.165) is 4.90 Å². The van der Waals surface area contributed by atoms with Crippen LogP contribution in [0.15, 0.2) is 10.6 Å². The van der Waals surface area contributed by atoms with Gasteiger partial charge in [-0.1, -0.05) is 20.8 Å². The average molecular weight is 281 g/mol. The molecule has 2 atom stereocenters. The minimum atomic E-state index is -1.43. The number of carbonyl (C=O) groups excluding carboxylic acids is 2. The molecule has 0 aromatic carbocycles. The minimum Gasteiger partial charge on any atom is -0.543 e. The topological polar surface area (TPSA) is 77.5 Å². The van der Waals surface area contributed by atoms with Gasteiger partial charge in [-0.3, -0.25) is 13.9 Å². The zero-order valence-electron chi connectivity index (χ0n) is 10.3. The summed E-state index contributed by atoms with van der Waals surface area (Å²) < 4.78 is 12.0. The van der Waals surface area contributed by atoms with Gasteiger partial charge in [0.2, 0.25) is 5.91 Å². The fraction of sp³-hybridized carbons (Fsp3) is 0.600. The van der Waals surface area contributed by atoms with Gasteiger partial charge < -0.3 is 9.90 Å². The van der Waals surface area contributed by atoms with Crippen LogP contribution in [0.25, 0.3) is 0 Å². The number of carboxylic acids is 1. The van der Waals surface area contributed by atoms with Crippen LogP contribution < -0.4 is 56.5 Å². The van der Waals surface area contributed by atoms with E-state index in [0.29, 0.717) is 4.91 Å². The molecule has 2 aliphatic heterocycles. The molecule has 0 aliphatic carbocycles. The van der Waals surface area contributed by atoms with Crippen LogP contribution in [0, 0.1) is 5.41 Å². The third-order valence-corrected chi connectivity index (χ3v) is 4.76. The van der Waals surface area contributed by atoms with Crippen LogP contribution >= 0.6 is 0 Å². The summed E-state index contributed by atoms with van der Waals surface area (Å²) in [6, 6.07) is 0. The van der Waals surface area contributed by atoms with E-state index in [1.165, 1.54) is 0 Å². The van der Waals surface area contributed by atoms with E-state index in [9.17, 15) is 18.9 Å². The summed E-state index contributed by atoms with van der Waals surface area (Å²) in [5, 5.41) is 10.6. The largest absolute Gasteiger partial charge is 1.00 e. The molecular formula is C10H12KNO4S. The van der Waals surface area contributed by atoms with E-state index in [-0.39, 0.29) is 69.4 Å². The molecule has 0 aromatic heterocycles. The molecule has 0 N–H and O–H groups in total. The summed E-state index contributed by atoms with van der Waals surface area (Å²) in [5.41, 5.74) is -0.732. The van der Waals surface area contributed by atoms with Gasteiger partial charge in [0.1, 0.15) is 5.37 Å². The van der Waals surface area contributed by atoms with Crippen molar-refractivity contribution in [2.24, 2.45) is 5.41 Å². The predicted octanol–water partition coefficient (Wildman–Crippen LogP) is -3.68. The third-order valence-electron chi connectivity index (χ3n) is 2.68. The Morgan fingerprint density at radius 3 is 2.35 bits per heavy atom. The number of β-lactam (4-membered cyclic amide) rings is 1. The second-order valence-electron chi connectivity index (χ2n) is 4.94. The van der Waals surface area contributed by atoms with E-state index >= 15 is 0 Å². The van der Waals surface area contributed by atoms with Crippen molar-refractivity contribution < 1.29 is 70.3 Å². The second-order valence-corrected chi connectivity index (χ2v) is 6.48. The van der Waals surface area contributed by atoms with E-state index in [1.807, 2.05) is 0 Å². The number of nitrogens with zero attached hydrogens (tertiary/aromatic N) is 1. The Balaban J connectivity index is 0.00000144. The van der Waals surface area contributed by atoms with E-state index in [2.05, 4.69) is 0 Å². The van der Waals surface area contributed by atoms with E-state index in [1.54, 1.807) is 20.8 Å². The molecule has 0 radical (unpaired) electrons. The number of amides is 1. The van der Waals surface area contributed by atoms with Crippen molar-refractivity contribution in [3.8, 4) is 0 Å². The molecule has 1 unspecified atom stereocenters. The number of fused-ring (bicyclic) bond motifs is 1. The Kier molecular flexibility index (Phi) is 4.44. The maximum atomic E-state index is 12.0. The average Bonchev–Trinajstić information content (AvgIpc) is 2.33. The quantitative estimate of drug-likeness (QED) is 0.366. The SMILES string of the molecule is CC(C)(C)C1=C(C(=O)[O-])N2C(=O)C[C@H]2S1=O.[K+]. The zero-order chi connectivity index (χ0) is 12.2. The fourth-order valence-electron chi connectivity index (χ4n) is 2.02. The van der Waals surface area contributed by atoms with Crippen LogP contribution in [0.4, 0.5) is 0 Å². The van der Waals surface area contributed by atoms with Crippen molar-refractivity contribution in [3.05, 3.63) is 10.6 Å². The summed E-state index contributed by atoms with van der Waals surface area (Å²) >= 11 is 0. The molecule has 1 saturated heterocycles. The fourth-order valence-corrected chi connectivity index (χ4v) is 3.97. The van der Waals surface area contributed by atoms with Crippen molar-refractivity contribution >= 4 is 22.7 Å². The van der Waals surface area contributed by atoms with Gasteiger partial charge in [-0.05, 0) is 5.41 Å². The van der Waals surface area contributed by atoms with Crippen molar-refractivity contribution in [3.63, 3.8) is 0 Å². The van der Waals surface area contributed by atoms with Crippen LogP contribution in [0.1, 0.15) is 27.2 Å². The van der Waals surface area contributed by atoms with Crippen LogP contribution in [0.5, 0.6) is 0 Å².